The van der Waals surface area contributed by atoms with Crippen LogP contribution in [0.15, 0.2) is 168 Å². The van der Waals surface area contributed by atoms with Gasteiger partial charge < -0.3 is 9.32 Å². The molecule has 0 N–H and O–H groups in total. The highest BCUT2D eigenvalue weighted by Gasteiger charge is 2.41. The van der Waals surface area contributed by atoms with Gasteiger partial charge in [-0.1, -0.05) is 148 Å². The van der Waals surface area contributed by atoms with Crippen molar-refractivity contribution in [3.8, 4) is 33.4 Å². The predicted molar refractivity (Wildman–Crippen MR) is 236 cm³/mol. The van der Waals surface area contributed by atoms with Gasteiger partial charge >= 0.3 is 0 Å². The second-order valence-electron chi connectivity index (χ2n) is 16.1. The molecule has 2 nitrogen and oxygen atoms in total. The predicted octanol–water partition coefficient (Wildman–Crippen LogP) is 11.5. The van der Waals surface area contributed by atoms with Gasteiger partial charge in [0.2, 0.25) is 0 Å². The highest BCUT2D eigenvalue weighted by molar-refractivity contribution is 7.04. The molecular weight excluding hydrogens is 687 g/mol. The molecule has 0 saturated carbocycles. The van der Waals surface area contributed by atoms with Gasteiger partial charge in [-0.05, 0) is 102 Å². The Bertz CT molecular complexity index is 3000. The second kappa shape index (κ2) is 11.3. The van der Waals surface area contributed by atoms with Crippen LogP contribution >= 0.6 is 0 Å². The lowest BCUT2D eigenvalue weighted by Crippen LogP contribution is -2.49. The van der Waals surface area contributed by atoms with Gasteiger partial charge in [0.05, 0.1) is 5.69 Å². The first-order valence-electron chi connectivity index (χ1n) is 19.0. The third-order valence-electron chi connectivity index (χ3n) is 12.5. The molecule has 0 aliphatic carbocycles. The first-order chi connectivity index (χ1) is 26.3. The van der Waals surface area contributed by atoms with E-state index in [1.54, 1.807) is 0 Å². The Morgan fingerprint density at radius 3 is 1.93 bits per heavy atom. The highest BCUT2D eigenvalue weighted by Crippen LogP contribution is 2.46. The summed E-state index contributed by atoms with van der Waals surface area (Å²) in [4.78, 5) is 2.54. The Hall–Kier alpha value is -5.95. The summed E-state index contributed by atoms with van der Waals surface area (Å²) in [6.45, 7) is 10.0. The first-order valence-corrected chi connectivity index (χ1v) is 25.0. The van der Waals surface area contributed by atoms with Crippen LogP contribution in [0.3, 0.4) is 0 Å². The SMILES string of the molecule is C[Si]1(C)c2ccccc2-c2c(N(c3ccc(-c4cccc5ccccc45)cc3)c3ccc4c(c3)[Si](C)(C)c3ccc5oc6ccccc6c5c3-4)cccc21. The molecular formula is C50H39NOSi2. The maximum atomic E-state index is 6.40. The zero-order chi connectivity index (χ0) is 36.3. The van der Waals surface area contributed by atoms with Crippen LogP contribution in [0.4, 0.5) is 17.1 Å². The third-order valence-corrected chi connectivity index (χ3v) is 19.5. The topological polar surface area (TPSA) is 16.4 Å². The number of fused-ring (bicyclic) bond motifs is 11. The van der Waals surface area contributed by atoms with Gasteiger partial charge in [0, 0.05) is 27.7 Å². The van der Waals surface area contributed by atoms with E-state index < -0.39 is 16.1 Å². The normalized spacial score (nSPS) is 14.6. The van der Waals surface area contributed by atoms with E-state index in [1.165, 1.54) is 87.0 Å². The molecule has 0 radical (unpaired) electrons. The number of hydrogen-bond acceptors (Lipinski definition) is 2. The van der Waals surface area contributed by atoms with Crippen LogP contribution in [0.5, 0.6) is 0 Å². The molecule has 0 amide bonds. The molecule has 11 rings (SSSR count). The monoisotopic (exact) mass is 725 g/mol. The Morgan fingerprint density at radius 2 is 1.06 bits per heavy atom. The average molecular weight is 726 g/mol. The standard InChI is InChI=1S/C50H39NOSi2/c1-53(2)44-21-10-8-17-39(44)48-41(19-12-22-45(48)53)51(34-25-23-33(24-26-34)37-18-11-14-32-13-5-6-15-36(32)37)35-27-28-40-47(31-35)54(3,4)46-30-29-43-49(50(40)46)38-16-7-9-20-42(38)52-43/h5-31H,1-4H3. The van der Waals surface area contributed by atoms with E-state index in [2.05, 4.69) is 195 Å². The Balaban J connectivity index is 1.13. The molecule has 3 heterocycles. The van der Waals surface area contributed by atoms with Crippen LogP contribution in [0.25, 0.3) is 66.1 Å². The van der Waals surface area contributed by atoms with Crippen molar-refractivity contribution in [1.82, 2.24) is 0 Å². The van der Waals surface area contributed by atoms with E-state index in [4.69, 9.17) is 4.42 Å². The lowest BCUT2D eigenvalue weighted by molar-refractivity contribution is 0.669. The van der Waals surface area contributed by atoms with E-state index >= 15 is 0 Å². The van der Waals surface area contributed by atoms with Crippen molar-refractivity contribution < 1.29 is 4.42 Å². The number of benzene rings is 8. The Morgan fingerprint density at radius 1 is 0.426 bits per heavy atom. The lowest BCUT2D eigenvalue weighted by atomic mass is 9.97. The number of para-hydroxylation sites is 1. The molecule has 0 spiro atoms. The van der Waals surface area contributed by atoms with Gasteiger partial charge in [0.15, 0.2) is 0 Å². The van der Waals surface area contributed by atoms with Crippen LogP contribution < -0.4 is 25.6 Å². The summed E-state index contributed by atoms with van der Waals surface area (Å²) < 4.78 is 6.40. The zero-order valence-corrected chi connectivity index (χ0v) is 32.9. The largest absolute Gasteiger partial charge is 0.456 e. The Kier molecular flexibility index (Phi) is 6.60. The summed E-state index contributed by atoms with van der Waals surface area (Å²) in [5.41, 5.74) is 13.5. The molecule has 8 aromatic carbocycles. The average Bonchev–Trinajstić information content (AvgIpc) is 3.78. The molecule has 258 valence electrons. The number of furan rings is 1. The molecule has 54 heavy (non-hydrogen) atoms. The third kappa shape index (κ3) is 4.32. The minimum atomic E-state index is -2.08. The van der Waals surface area contributed by atoms with Crippen molar-refractivity contribution in [3.05, 3.63) is 164 Å². The molecule has 0 fully saturated rings. The van der Waals surface area contributed by atoms with Crippen LogP contribution in [-0.4, -0.2) is 16.1 Å². The Labute approximate surface area is 318 Å². The summed E-state index contributed by atoms with van der Waals surface area (Å²) in [5.74, 6) is 0. The van der Waals surface area contributed by atoms with E-state index in [9.17, 15) is 0 Å². The molecule has 0 saturated heterocycles. The minimum Gasteiger partial charge on any atom is -0.456 e. The molecule has 0 unspecified atom stereocenters. The molecule has 0 bridgehead atoms. The van der Waals surface area contributed by atoms with Crippen molar-refractivity contribution in [2.75, 3.05) is 4.90 Å². The maximum Gasteiger partial charge on any atom is 0.136 e. The van der Waals surface area contributed by atoms with Crippen LogP contribution in [0.2, 0.25) is 26.2 Å². The fourth-order valence-corrected chi connectivity index (χ4v) is 15.9. The molecule has 4 heteroatoms. The van der Waals surface area contributed by atoms with E-state index in [1.807, 2.05) is 0 Å². The zero-order valence-electron chi connectivity index (χ0n) is 30.9. The van der Waals surface area contributed by atoms with Gasteiger partial charge in [0.1, 0.15) is 27.3 Å². The molecule has 1 aromatic heterocycles. The summed E-state index contributed by atoms with van der Waals surface area (Å²) in [7, 11) is -3.97. The summed E-state index contributed by atoms with van der Waals surface area (Å²) in [6.07, 6.45) is 0. The van der Waals surface area contributed by atoms with Crippen molar-refractivity contribution >= 4 is 86.7 Å². The van der Waals surface area contributed by atoms with Crippen molar-refractivity contribution in [2.45, 2.75) is 26.2 Å². The van der Waals surface area contributed by atoms with Crippen LogP contribution in [0.1, 0.15) is 0 Å². The van der Waals surface area contributed by atoms with Gasteiger partial charge in [-0.3, -0.25) is 0 Å². The summed E-state index contributed by atoms with van der Waals surface area (Å²) in [6, 6.07) is 61.1. The van der Waals surface area contributed by atoms with Crippen molar-refractivity contribution in [2.24, 2.45) is 0 Å². The lowest BCUT2D eigenvalue weighted by Gasteiger charge is -2.30. The molecule has 2 aliphatic heterocycles. The summed E-state index contributed by atoms with van der Waals surface area (Å²) >= 11 is 0. The van der Waals surface area contributed by atoms with Gasteiger partial charge in [0.25, 0.3) is 0 Å². The minimum absolute atomic E-state index is 0.952. The fraction of sp³-hybridized carbons (Fsp3) is 0.0800. The highest BCUT2D eigenvalue weighted by atomic mass is 28.3. The number of rotatable bonds is 4. The number of anilines is 3. The second-order valence-corrected chi connectivity index (χ2v) is 24.7. The van der Waals surface area contributed by atoms with E-state index in [0.717, 1.165) is 16.9 Å². The quantitative estimate of drug-likeness (QED) is 0.168. The van der Waals surface area contributed by atoms with E-state index in [0.29, 0.717) is 0 Å². The maximum absolute atomic E-state index is 6.40. The number of nitrogens with zero attached hydrogens (tertiary/aromatic N) is 1. The van der Waals surface area contributed by atoms with Gasteiger partial charge in [-0.25, -0.2) is 0 Å². The summed E-state index contributed by atoms with van der Waals surface area (Å²) in [5, 5.41) is 11.0. The molecule has 0 atom stereocenters. The molecule has 9 aromatic rings. The van der Waals surface area contributed by atoms with E-state index in [-0.39, 0.29) is 0 Å². The fourth-order valence-electron chi connectivity index (χ4n) is 9.78. The van der Waals surface area contributed by atoms with Crippen LogP contribution in [-0.2, 0) is 0 Å². The molecule has 2 aliphatic rings. The number of hydrogen-bond donors (Lipinski definition) is 0. The van der Waals surface area contributed by atoms with Gasteiger partial charge in [-0.15, -0.1) is 0 Å². The van der Waals surface area contributed by atoms with Crippen molar-refractivity contribution in [3.63, 3.8) is 0 Å². The van der Waals surface area contributed by atoms with Crippen LogP contribution in [0, 0.1) is 0 Å². The van der Waals surface area contributed by atoms with Gasteiger partial charge in [-0.2, -0.15) is 0 Å². The first kappa shape index (κ1) is 31.6. The van der Waals surface area contributed by atoms with Crippen molar-refractivity contribution in [1.29, 1.82) is 0 Å². The smallest absolute Gasteiger partial charge is 0.136 e.